The molecule has 1 unspecified atom stereocenters. The number of fused-ring (bicyclic) bond motifs is 1. The van der Waals surface area contributed by atoms with Crippen LogP contribution in [0, 0.1) is 13.8 Å². The molecule has 0 bridgehead atoms. The number of carbonyl (C=O) groups is 1. The molecule has 124 valence electrons. The largest absolute Gasteiger partial charge is 0.450 e. The Bertz CT molecular complexity index is 885. The summed E-state index contributed by atoms with van der Waals surface area (Å²) in [5.74, 6) is 0.615. The van der Waals surface area contributed by atoms with Crippen molar-refractivity contribution in [2.45, 2.75) is 19.9 Å². The van der Waals surface area contributed by atoms with Crippen LogP contribution < -0.4 is 0 Å². The second kappa shape index (κ2) is 5.76. The van der Waals surface area contributed by atoms with Crippen LogP contribution in [0.2, 0.25) is 0 Å². The summed E-state index contributed by atoms with van der Waals surface area (Å²) in [6.45, 7) is 5.13. The molecule has 1 aliphatic heterocycles. The SMILES string of the molecule is Cc1c(C(=O)N2CCOCC2c2ncon2)oc2c(C)cccc12. The number of hydrogen-bond donors (Lipinski definition) is 0. The van der Waals surface area contributed by atoms with Crippen LogP contribution >= 0.6 is 0 Å². The minimum Gasteiger partial charge on any atom is -0.450 e. The highest BCUT2D eigenvalue weighted by molar-refractivity contribution is 5.99. The number of carbonyl (C=O) groups excluding carboxylic acids is 1. The van der Waals surface area contributed by atoms with Crippen molar-refractivity contribution in [3.63, 3.8) is 0 Å². The van der Waals surface area contributed by atoms with Crippen LogP contribution in [0.4, 0.5) is 0 Å². The molecule has 1 amide bonds. The zero-order valence-corrected chi connectivity index (χ0v) is 13.5. The Balaban J connectivity index is 1.74. The fourth-order valence-corrected chi connectivity index (χ4v) is 3.10. The first kappa shape index (κ1) is 14.9. The van der Waals surface area contributed by atoms with E-state index in [0.29, 0.717) is 31.3 Å². The Morgan fingerprint density at radius 3 is 2.96 bits per heavy atom. The van der Waals surface area contributed by atoms with Crippen LogP contribution in [-0.2, 0) is 4.74 Å². The molecular weight excluding hydrogens is 310 g/mol. The lowest BCUT2D eigenvalue weighted by atomic mass is 10.1. The number of nitrogens with zero attached hydrogens (tertiary/aromatic N) is 3. The van der Waals surface area contributed by atoms with E-state index < -0.39 is 0 Å². The fourth-order valence-electron chi connectivity index (χ4n) is 3.10. The predicted molar refractivity (Wildman–Crippen MR) is 84.6 cm³/mol. The normalized spacial score (nSPS) is 18.2. The van der Waals surface area contributed by atoms with E-state index >= 15 is 0 Å². The molecule has 1 aliphatic rings. The molecule has 3 aromatic rings. The minimum absolute atomic E-state index is 0.179. The second-order valence-electron chi connectivity index (χ2n) is 5.89. The molecule has 0 spiro atoms. The van der Waals surface area contributed by atoms with Crippen LogP contribution in [-0.4, -0.2) is 40.7 Å². The van der Waals surface area contributed by atoms with E-state index in [2.05, 4.69) is 10.1 Å². The Labute approximate surface area is 138 Å². The van der Waals surface area contributed by atoms with Gasteiger partial charge in [-0.2, -0.15) is 4.98 Å². The highest BCUT2D eigenvalue weighted by Crippen LogP contribution is 2.31. The van der Waals surface area contributed by atoms with Crippen LogP contribution in [0.1, 0.15) is 33.5 Å². The van der Waals surface area contributed by atoms with Crippen LogP contribution in [0.5, 0.6) is 0 Å². The Kier molecular flexibility index (Phi) is 3.57. The first-order valence-corrected chi connectivity index (χ1v) is 7.80. The van der Waals surface area contributed by atoms with Gasteiger partial charge in [0.2, 0.25) is 6.39 Å². The average Bonchev–Trinajstić information content (AvgIpc) is 3.24. The number of para-hydroxylation sites is 1. The van der Waals surface area contributed by atoms with Gasteiger partial charge in [0.05, 0.1) is 13.2 Å². The molecule has 1 aromatic carbocycles. The van der Waals surface area contributed by atoms with Gasteiger partial charge in [0.25, 0.3) is 5.91 Å². The summed E-state index contributed by atoms with van der Waals surface area (Å²) in [4.78, 5) is 18.8. The molecule has 1 saturated heterocycles. The maximum absolute atomic E-state index is 13.1. The number of hydrogen-bond acceptors (Lipinski definition) is 6. The van der Waals surface area contributed by atoms with Crippen LogP contribution in [0.25, 0.3) is 11.0 Å². The lowest BCUT2D eigenvalue weighted by Gasteiger charge is -2.33. The van der Waals surface area contributed by atoms with Gasteiger partial charge in [-0.05, 0) is 19.4 Å². The van der Waals surface area contributed by atoms with Gasteiger partial charge >= 0.3 is 0 Å². The molecule has 3 heterocycles. The van der Waals surface area contributed by atoms with E-state index in [4.69, 9.17) is 13.7 Å². The quantitative estimate of drug-likeness (QED) is 0.720. The summed E-state index contributed by atoms with van der Waals surface area (Å²) in [6, 6.07) is 5.52. The number of ether oxygens (including phenoxy) is 1. The van der Waals surface area contributed by atoms with Gasteiger partial charge < -0.3 is 18.6 Å². The topological polar surface area (TPSA) is 81.6 Å². The fraction of sp³-hybridized carbons (Fsp3) is 0.353. The number of benzene rings is 1. The van der Waals surface area contributed by atoms with Gasteiger partial charge in [-0.3, -0.25) is 4.79 Å². The number of furan rings is 1. The van der Waals surface area contributed by atoms with Crippen molar-refractivity contribution < 1.29 is 18.5 Å². The number of aromatic nitrogens is 2. The summed E-state index contributed by atoms with van der Waals surface area (Å²) >= 11 is 0. The lowest BCUT2D eigenvalue weighted by molar-refractivity contribution is -0.00723. The van der Waals surface area contributed by atoms with Gasteiger partial charge in [-0.1, -0.05) is 23.4 Å². The predicted octanol–water partition coefficient (Wildman–Crippen LogP) is 2.65. The summed E-state index contributed by atoms with van der Waals surface area (Å²) in [7, 11) is 0. The highest BCUT2D eigenvalue weighted by atomic mass is 16.5. The van der Waals surface area contributed by atoms with Crippen molar-refractivity contribution in [1.29, 1.82) is 0 Å². The van der Waals surface area contributed by atoms with Crippen molar-refractivity contribution >= 4 is 16.9 Å². The monoisotopic (exact) mass is 327 g/mol. The van der Waals surface area contributed by atoms with E-state index in [1.165, 1.54) is 6.39 Å². The first-order chi connectivity index (χ1) is 11.7. The van der Waals surface area contributed by atoms with E-state index in [-0.39, 0.29) is 11.9 Å². The van der Waals surface area contributed by atoms with Crippen molar-refractivity contribution in [1.82, 2.24) is 15.0 Å². The van der Waals surface area contributed by atoms with Crippen molar-refractivity contribution in [3.05, 3.63) is 47.3 Å². The molecule has 1 atom stereocenters. The van der Waals surface area contributed by atoms with Crippen molar-refractivity contribution in [3.8, 4) is 0 Å². The average molecular weight is 327 g/mol. The molecule has 1 fully saturated rings. The molecule has 7 heteroatoms. The molecule has 4 rings (SSSR count). The molecule has 7 nitrogen and oxygen atoms in total. The molecule has 24 heavy (non-hydrogen) atoms. The molecule has 0 radical (unpaired) electrons. The van der Waals surface area contributed by atoms with Crippen molar-refractivity contribution in [2.75, 3.05) is 19.8 Å². The number of rotatable bonds is 2. The first-order valence-electron chi connectivity index (χ1n) is 7.80. The number of aryl methyl sites for hydroxylation is 2. The third-order valence-corrected chi connectivity index (χ3v) is 4.42. The van der Waals surface area contributed by atoms with E-state index in [0.717, 1.165) is 22.1 Å². The zero-order chi connectivity index (χ0) is 16.7. The zero-order valence-electron chi connectivity index (χ0n) is 13.5. The molecule has 0 N–H and O–H groups in total. The van der Waals surface area contributed by atoms with Crippen LogP contribution in [0.3, 0.4) is 0 Å². The van der Waals surface area contributed by atoms with Crippen molar-refractivity contribution in [2.24, 2.45) is 0 Å². The Morgan fingerprint density at radius 2 is 2.21 bits per heavy atom. The van der Waals surface area contributed by atoms with E-state index in [9.17, 15) is 4.79 Å². The summed E-state index contributed by atoms with van der Waals surface area (Å²) in [5, 5.41) is 4.82. The summed E-state index contributed by atoms with van der Waals surface area (Å²) in [5.41, 5.74) is 2.60. The molecule has 0 aliphatic carbocycles. The second-order valence-corrected chi connectivity index (χ2v) is 5.89. The molecule has 2 aromatic heterocycles. The maximum atomic E-state index is 13.1. The standard InChI is InChI=1S/C17H17N3O4/c1-10-4-3-5-12-11(2)15(24-14(10)12)17(21)20-6-7-22-8-13(20)16-18-9-23-19-16/h3-5,9,13H,6-8H2,1-2H3. The number of morpholine rings is 1. The Morgan fingerprint density at radius 1 is 1.33 bits per heavy atom. The van der Waals surface area contributed by atoms with Gasteiger partial charge in [0, 0.05) is 17.5 Å². The Hall–Kier alpha value is -2.67. The van der Waals surface area contributed by atoms with Gasteiger partial charge in [0.1, 0.15) is 11.6 Å². The third kappa shape index (κ3) is 2.28. The van der Waals surface area contributed by atoms with E-state index in [1.807, 2.05) is 32.0 Å². The van der Waals surface area contributed by atoms with E-state index in [1.54, 1.807) is 4.90 Å². The van der Waals surface area contributed by atoms with Gasteiger partial charge in [-0.25, -0.2) is 0 Å². The molecular formula is C17H17N3O4. The van der Waals surface area contributed by atoms with Crippen LogP contribution in [0.15, 0.2) is 33.5 Å². The minimum atomic E-state index is -0.376. The third-order valence-electron chi connectivity index (χ3n) is 4.42. The van der Waals surface area contributed by atoms with Gasteiger partial charge in [-0.15, -0.1) is 0 Å². The smallest absolute Gasteiger partial charge is 0.290 e. The maximum Gasteiger partial charge on any atom is 0.290 e. The number of amides is 1. The highest BCUT2D eigenvalue weighted by Gasteiger charge is 2.34. The summed E-state index contributed by atoms with van der Waals surface area (Å²) in [6.07, 6.45) is 1.25. The lowest BCUT2D eigenvalue weighted by Crippen LogP contribution is -2.43. The summed E-state index contributed by atoms with van der Waals surface area (Å²) < 4.78 is 16.2. The molecule has 0 saturated carbocycles. The van der Waals surface area contributed by atoms with Gasteiger partial charge in [0.15, 0.2) is 11.6 Å².